The van der Waals surface area contributed by atoms with Gasteiger partial charge in [0.1, 0.15) is 0 Å². The normalized spacial score (nSPS) is 19.9. The Hall–Kier alpha value is -1.26. The number of rotatable bonds is 3. The van der Waals surface area contributed by atoms with Gasteiger partial charge in [-0.1, -0.05) is 19.9 Å². The first-order valence-electron chi connectivity index (χ1n) is 7.48. The van der Waals surface area contributed by atoms with Crippen LogP contribution in [0.1, 0.15) is 25.8 Å². The van der Waals surface area contributed by atoms with Crippen LogP contribution in [0.5, 0.6) is 11.5 Å². The van der Waals surface area contributed by atoms with E-state index in [1.54, 1.807) is 0 Å². The molecule has 1 saturated heterocycles. The van der Waals surface area contributed by atoms with E-state index in [0.29, 0.717) is 6.79 Å². The van der Waals surface area contributed by atoms with E-state index in [-0.39, 0.29) is 5.41 Å². The number of hydrogen-bond acceptors (Lipinski definition) is 4. The lowest BCUT2D eigenvalue weighted by atomic mass is 9.84. The Bertz CT molecular complexity index is 466. The fourth-order valence-corrected chi connectivity index (χ4v) is 3.03. The Morgan fingerprint density at radius 2 is 2.00 bits per heavy atom. The van der Waals surface area contributed by atoms with Gasteiger partial charge in [0.05, 0.1) is 0 Å². The molecule has 4 heteroatoms. The van der Waals surface area contributed by atoms with Crippen LogP contribution < -0.4 is 14.8 Å². The van der Waals surface area contributed by atoms with Crippen molar-refractivity contribution in [2.24, 2.45) is 0 Å². The predicted molar refractivity (Wildman–Crippen MR) is 79.5 cm³/mol. The maximum absolute atomic E-state index is 5.50. The Morgan fingerprint density at radius 3 is 2.90 bits per heavy atom. The molecule has 0 atom stereocenters. The van der Waals surface area contributed by atoms with Crippen molar-refractivity contribution in [3.8, 4) is 11.5 Å². The lowest BCUT2D eigenvalue weighted by molar-refractivity contribution is 0.174. The van der Waals surface area contributed by atoms with Gasteiger partial charge in [0.25, 0.3) is 0 Å². The predicted octanol–water partition coefficient (Wildman–Crippen LogP) is 1.99. The summed E-state index contributed by atoms with van der Waals surface area (Å²) in [7, 11) is 0. The first-order valence-corrected chi connectivity index (χ1v) is 7.48. The molecule has 0 amide bonds. The fraction of sp³-hybridized carbons (Fsp3) is 0.625. The van der Waals surface area contributed by atoms with Gasteiger partial charge in [-0.3, -0.25) is 0 Å². The van der Waals surface area contributed by atoms with Crippen LogP contribution in [0.3, 0.4) is 0 Å². The summed E-state index contributed by atoms with van der Waals surface area (Å²) >= 11 is 0. The monoisotopic (exact) mass is 276 g/mol. The number of ether oxygens (including phenoxy) is 2. The molecule has 2 aliphatic heterocycles. The summed E-state index contributed by atoms with van der Waals surface area (Å²) in [6, 6.07) is 6.34. The lowest BCUT2D eigenvalue weighted by Gasteiger charge is -2.32. The molecule has 1 aromatic carbocycles. The first-order chi connectivity index (χ1) is 9.65. The van der Waals surface area contributed by atoms with Crippen molar-refractivity contribution < 1.29 is 9.47 Å². The van der Waals surface area contributed by atoms with Crippen molar-refractivity contribution in [3.63, 3.8) is 0 Å². The van der Waals surface area contributed by atoms with Crippen molar-refractivity contribution in [1.82, 2.24) is 10.2 Å². The Balaban J connectivity index is 1.73. The maximum atomic E-state index is 5.50. The maximum Gasteiger partial charge on any atom is 0.231 e. The quantitative estimate of drug-likeness (QED) is 0.915. The summed E-state index contributed by atoms with van der Waals surface area (Å²) in [5, 5.41) is 3.46. The second-order valence-electron chi connectivity index (χ2n) is 6.33. The minimum absolute atomic E-state index is 0.116. The number of nitrogens with zero attached hydrogens (tertiary/aromatic N) is 1. The second-order valence-corrected chi connectivity index (χ2v) is 6.33. The average molecular weight is 276 g/mol. The van der Waals surface area contributed by atoms with Gasteiger partial charge < -0.3 is 19.7 Å². The third-order valence-electron chi connectivity index (χ3n) is 4.21. The highest BCUT2D eigenvalue weighted by Gasteiger charge is 2.26. The minimum atomic E-state index is 0.116. The topological polar surface area (TPSA) is 33.7 Å². The van der Waals surface area contributed by atoms with Gasteiger partial charge in [0.2, 0.25) is 6.79 Å². The molecule has 1 N–H and O–H groups in total. The Labute approximate surface area is 121 Å². The average Bonchev–Trinajstić information content (AvgIpc) is 2.75. The van der Waals surface area contributed by atoms with E-state index in [4.69, 9.17) is 9.47 Å². The molecule has 2 aliphatic rings. The van der Waals surface area contributed by atoms with Crippen molar-refractivity contribution in [1.29, 1.82) is 0 Å². The highest BCUT2D eigenvalue weighted by Crippen LogP contribution is 2.36. The molecule has 2 heterocycles. The number of fused-ring (bicyclic) bond motifs is 1. The van der Waals surface area contributed by atoms with E-state index in [1.165, 1.54) is 18.5 Å². The van der Waals surface area contributed by atoms with Gasteiger partial charge in [-0.05, 0) is 37.2 Å². The van der Waals surface area contributed by atoms with Gasteiger partial charge in [0, 0.05) is 25.0 Å². The summed E-state index contributed by atoms with van der Waals surface area (Å²) in [6.07, 6.45) is 1.23. The van der Waals surface area contributed by atoms with E-state index in [2.05, 4.69) is 36.2 Å². The molecule has 0 bridgehead atoms. The molecule has 0 saturated carbocycles. The number of hydrogen-bond donors (Lipinski definition) is 1. The van der Waals surface area contributed by atoms with Gasteiger partial charge in [-0.25, -0.2) is 0 Å². The fourth-order valence-electron chi connectivity index (χ4n) is 3.03. The van der Waals surface area contributed by atoms with E-state index in [0.717, 1.165) is 37.7 Å². The van der Waals surface area contributed by atoms with Crippen molar-refractivity contribution in [2.45, 2.75) is 25.7 Å². The largest absolute Gasteiger partial charge is 0.454 e. The second kappa shape index (κ2) is 5.62. The SMILES string of the molecule is CC(C)(CN1CCCNCC1)c1ccc2c(c1)OCO2. The molecule has 0 aliphatic carbocycles. The van der Waals surface area contributed by atoms with Crippen molar-refractivity contribution >= 4 is 0 Å². The summed E-state index contributed by atoms with van der Waals surface area (Å²) < 4.78 is 10.9. The lowest BCUT2D eigenvalue weighted by Crippen LogP contribution is -2.38. The van der Waals surface area contributed by atoms with E-state index < -0.39 is 0 Å². The van der Waals surface area contributed by atoms with Crippen molar-refractivity contribution in [3.05, 3.63) is 23.8 Å². The van der Waals surface area contributed by atoms with Crippen LogP contribution in [0.2, 0.25) is 0 Å². The molecule has 0 spiro atoms. The van der Waals surface area contributed by atoms with Crippen molar-refractivity contribution in [2.75, 3.05) is 39.5 Å². The zero-order valence-corrected chi connectivity index (χ0v) is 12.4. The number of benzene rings is 1. The third kappa shape index (κ3) is 2.91. The summed E-state index contributed by atoms with van der Waals surface area (Å²) in [5.74, 6) is 1.75. The molecule has 20 heavy (non-hydrogen) atoms. The Morgan fingerprint density at radius 1 is 1.15 bits per heavy atom. The highest BCUT2D eigenvalue weighted by atomic mass is 16.7. The Kier molecular flexibility index (Phi) is 3.85. The smallest absolute Gasteiger partial charge is 0.231 e. The standard InChI is InChI=1S/C16H24N2O2/c1-16(2,11-18-8-3-6-17-7-9-18)13-4-5-14-15(10-13)20-12-19-14/h4-5,10,17H,3,6-9,11-12H2,1-2H3. The van der Waals surface area contributed by atoms with Gasteiger partial charge in [-0.15, -0.1) is 0 Å². The third-order valence-corrected chi connectivity index (χ3v) is 4.21. The molecule has 0 unspecified atom stereocenters. The van der Waals surface area contributed by atoms with Crippen LogP contribution in [0.4, 0.5) is 0 Å². The van der Waals surface area contributed by atoms with E-state index in [9.17, 15) is 0 Å². The summed E-state index contributed by atoms with van der Waals surface area (Å²) in [4.78, 5) is 2.56. The zero-order valence-electron chi connectivity index (χ0n) is 12.4. The molecular formula is C16H24N2O2. The molecule has 0 radical (unpaired) electrons. The first kappa shape index (κ1) is 13.7. The van der Waals surface area contributed by atoms with Crippen LogP contribution >= 0.6 is 0 Å². The van der Waals surface area contributed by atoms with Crippen LogP contribution in [-0.2, 0) is 5.41 Å². The van der Waals surface area contributed by atoms with Crippen LogP contribution in [0.25, 0.3) is 0 Å². The summed E-state index contributed by atoms with van der Waals surface area (Å²) in [6.45, 7) is 10.6. The number of nitrogens with one attached hydrogen (secondary N) is 1. The highest BCUT2D eigenvalue weighted by molar-refractivity contribution is 5.46. The van der Waals surface area contributed by atoms with Crippen LogP contribution in [0, 0.1) is 0 Å². The molecule has 0 aromatic heterocycles. The zero-order chi connectivity index (χ0) is 14.0. The minimum Gasteiger partial charge on any atom is -0.454 e. The molecule has 1 aromatic rings. The van der Waals surface area contributed by atoms with Gasteiger partial charge in [-0.2, -0.15) is 0 Å². The van der Waals surface area contributed by atoms with Crippen LogP contribution in [-0.4, -0.2) is 44.4 Å². The van der Waals surface area contributed by atoms with E-state index >= 15 is 0 Å². The van der Waals surface area contributed by atoms with E-state index in [1.807, 2.05) is 6.07 Å². The van der Waals surface area contributed by atoms with Crippen LogP contribution in [0.15, 0.2) is 18.2 Å². The molecule has 110 valence electrons. The molecule has 1 fully saturated rings. The summed E-state index contributed by atoms with van der Waals surface area (Å²) in [5.41, 5.74) is 1.43. The molecule has 4 nitrogen and oxygen atoms in total. The molecular weight excluding hydrogens is 252 g/mol. The van der Waals surface area contributed by atoms with Gasteiger partial charge in [0.15, 0.2) is 11.5 Å². The molecule has 3 rings (SSSR count). The van der Waals surface area contributed by atoms with Gasteiger partial charge >= 0.3 is 0 Å².